The van der Waals surface area contributed by atoms with Gasteiger partial charge in [0, 0.05) is 18.9 Å². The molecule has 0 amide bonds. The molecule has 0 bridgehead atoms. The van der Waals surface area contributed by atoms with E-state index >= 15 is 0 Å². The quantitative estimate of drug-likeness (QED) is 0.849. The minimum absolute atomic E-state index is 0.368. The van der Waals surface area contributed by atoms with Crippen molar-refractivity contribution < 1.29 is 9.53 Å². The van der Waals surface area contributed by atoms with Crippen LogP contribution in [-0.4, -0.2) is 18.1 Å². The maximum absolute atomic E-state index is 11.4. The van der Waals surface area contributed by atoms with Crippen LogP contribution in [0.2, 0.25) is 0 Å². The second kappa shape index (κ2) is 6.11. The van der Waals surface area contributed by atoms with Crippen molar-refractivity contribution in [1.29, 1.82) is 0 Å². The van der Waals surface area contributed by atoms with Crippen molar-refractivity contribution in [2.24, 2.45) is 5.73 Å². The fraction of sp³-hybridized carbons (Fsp3) is 0.200. The van der Waals surface area contributed by atoms with Gasteiger partial charge in [0.15, 0.2) is 0 Å². The molecule has 1 heterocycles. The average Bonchev–Trinajstić information content (AvgIpc) is 2.47. The van der Waals surface area contributed by atoms with Gasteiger partial charge in [0.25, 0.3) is 0 Å². The number of ether oxygens (including phenoxy) is 1. The third-order valence-electron chi connectivity index (χ3n) is 2.88. The Morgan fingerprint density at radius 3 is 2.47 bits per heavy atom. The molecule has 4 nitrogen and oxygen atoms in total. The van der Waals surface area contributed by atoms with Gasteiger partial charge < -0.3 is 10.5 Å². The molecule has 0 aliphatic heterocycles. The maximum atomic E-state index is 11.4. The fourth-order valence-electron chi connectivity index (χ4n) is 1.84. The molecule has 0 saturated carbocycles. The molecular weight excluding hydrogens is 240 g/mol. The largest absolute Gasteiger partial charge is 0.465 e. The van der Waals surface area contributed by atoms with Gasteiger partial charge in [-0.3, -0.25) is 4.98 Å². The normalized spacial score (nSPS) is 10.2. The SMILES string of the molecule is COC(=O)c1cncc(Cc2ccc(CN)cc2)c1. The number of nitrogens with zero attached hydrogens (tertiary/aromatic N) is 1. The fourth-order valence-corrected chi connectivity index (χ4v) is 1.84. The summed E-state index contributed by atoms with van der Waals surface area (Å²) in [5.74, 6) is -0.368. The number of carbonyl (C=O) groups is 1. The summed E-state index contributed by atoms with van der Waals surface area (Å²) < 4.78 is 4.68. The zero-order valence-corrected chi connectivity index (χ0v) is 10.8. The van der Waals surface area contributed by atoms with Crippen LogP contribution >= 0.6 is 0 Å². The van der Waals surface area contributed by atoms with Gasteiger partial charge in [0.2, 0.25) is 0 Å². The van der Waals surface area contributed by atoms with Crippen molar-refractivity contribution in [1.82, 2.24) is 4.98 Å². The summed E-state index contributed by atoms with van der Waals surface area (Å²) in [6.45, 7) is 0.541. The molecule has 0 spiro atoms. The van der Waals surface area contributed by atoms with Crippen LogP contribution in [0.1, 0.15) is 27.0 Å². The van der Waals surface area contributed by atoms with E-state index in [4.69, 9.17) is 5.73 Å². The predicted molar refractivity (Wildman–Crippen MR) is 72.7 cm³/mol. The summed E-state index contributed by atoms with van der Waals surface area (Å²) >= 11 is 0. The van der Waals surface area contributed by atoms with Gasteiger partial charge in [0.05, 0.1) is 12.7 Å². The van der Waals surface area contributed by atoms with E-state index in [2.05, 4.69) is 9.72 Å². The molecule has 1 aromatic heterocycles. The Morgan fingerprint density at radius 1 is 1.16 bits per heavy atom. The third kappa shape index (κ3) is 3.39. The van der Waals surface area contributed by atoms with Crippen LogP contribution < -0.4 is 5.73 Å². The summed E-state index contributed by atoms with van der Waals surface area (Å²) in [5.41, 5.74) is 9.26. The first kappa shape index (κ1) is 13.2. The van der Waals surface area contributed by atoms with Gasteiger partial charge >= 0.3 is 5.97 Å². The number of methoxy groups -OCH3 is 1. The van der Waals surface area contributed by atoms with Crippen molar-refractivity contribution in [3.63, 3.8) is 0 Å². The molecule has 98 valence electrons. The summed E-state index contributed by atoms with van der Waals surface area (Å²) in [6.07, 6.45) is 3.98. The van der Waals surface area contributed by atoms with Crippen molar-refractivity contribution in [3.05, 3.63) is 65.0 Å². The van der Waals surface area contributed by atoms with Gasteiger partial charge in [-0.1, -0.05) is 24.3 Å². The van der Waals surface area contributed by atoms with Crippen molar-refractivity contribution in [2.75, 3.05) is 7.11 Å². The number of rotatable bonds is 4. The molecule has 0 unspecified atom stereocenters. The van der Waals surface area contributed by atoms with E-state index in [1.807, 2.05) is 24.3 Å². The first-order chi connectivity index (χ1) is 9.22. The van der Waals surface area contributed by atoms with Crippen LogP contribution in [0.3, 0.4) is 0 Å². The Hall–Kier alpha value is -2.20. The lowest BCUT2D eigenvalue weighted by Crippen LogP contribution is -2.03. The van der Waals surface area contributed by atoms with Crippen LogP contribution in [0.5, 0.6) is 0 Å². The molecule has 2 N–H and O–H groups in total. The molecule has 19 heavy (non-hydrogen) atoms. The van der Waals surface area contributed by atoms with Crippen molar-refractivity contribution in [2.45, 2.75) is 13.0 Å². The van der Waals surface area contributed by atoms with E-state index in [1.54, 1.807) is 12.3 Å². The average molecular weight is 256 g/mol. The number of carbonyl (C=O) groups excluding carboxylic acids is 1. The predicted octanol–water partition coefficient (Wildman–Crippen LogP) is 1.92. The lowest BCUT2D eigenvalue weighted by Gasteiger charge is -2.05. The molecule has 2 aromatic rings. The highest BCUT2D eigenvalue weighted by Crippen LogP contribution is 2.12. The third-order valence-corrected chi connectivity index (χ3v) is 2.88. The monoisotopic (exact) mass is 256 g/mol. The lowest BCUT2D eigenvalue weighted by atomic mass is 10.0. The van der Waals surface area contributed by atoms with Crippen LogP contribution in [0.15, 0.2) is 42.7 Å². The highest BCUT2D eigenvalue weighted by molar-refractivity contribution is 5.89. The Balaban J connectivity index is 2.16. The van der Waals surface area contributed by atoms with E-state index in [9.17, 15) is 4.79 Å². The standard InChI is InChI=1S/C15H16N2O2/c1-19-15(18)14-7-13(9-17-10-14)6-11-2-4-12(8-16)5-3-11/h2-5,7,9-10H,6,8,16H2,1H3. The van der Waals surface area contributed by atoms with Crippen LogP contribution in [-0.2, 0) is 17.7 Å². The van der Waals surface area contributed by atoms with Gasteiger partial charge in [-0.15, -0.1) is 0 Å². The zero-order chi connectivity index (χ0) is 13.7. The Kier molecular flexibility index (Phi) is 4.26. The number of esters is 1. The van der Waals surface area contributed by atoms with Crippen LogP contribution in [0.4, 0.5) is 0 Å². The second-order valence-electron chi connectivity index (χ2n) is 4.27. The van der Waals surface area contributed by atoms with E-state index < -0.39 is 0 Å². The smallest absolute Gasteiger partial charge is 0.339 e. The minimum Gasteiger partial charge on any atom is -0.465 e. The number of hydrogen-bond acceptors (Lipinski definition) is 4. The van der Waals surface area contributed by atoms with Crippen LogP contribution in [0, 0.1) is 0 Å². The molecule has 0 aliphatic rings. The number of aromatic nitrogens is 1. The zero-order valence-electron chi connectivity index (χ0n) is 10.8. The van der Waals surface area contributed by atoms with E-state index in [1.165, 1.54) is 13.3 Å². The Bertz CT molecular complexity index is 565. The van der Waals surface area contributed by atoms with E-state index in [0.29, 0.717) is 12.1 Å². The number of nitrogens with two attached hydrogens (primary N) is 1. The van der Waals surface area contributed by atoms with Crippen molar-refractivity contribution >= 4 is 5.97 Å². The molecule has 0 saturated heterocycles. The topological polar surface area (TPSA) is 65.2 Å². The molecule has 2 rings (SSSR count). The summed E-state index contributed by atoms with van der Waals surface area (Å²) in [4.78, 5) is 15.5. The minimum atomic E-state index is -0.368. The van der Waals surface area contributed by atoms with E-state index in [0.717, 1.165) is 23.1 Å². The maximum Gasteiger partial charge on any atom is 0.339 e. The molecule has 0 atom stereocenters. The summed E-state index contributed by atoms with van der Waals surface area (Å²) in [7, 11) is 1.36. The molecule has 0 aliphatic carbocycles. The van der Waals surface area contributed by atoms with Crippen LogP contribution in [0.25, 0.3) is 0 Å². The number of pyridine rings is 1. The molecular formula is C15H16N2O2. The van der Waals surface area contributed by atoms with Gasteiger partial charge in [-0.25, -0.2) is 4.79 Å². The summed E-state index contributed by atoms with van der Waals surface area (Å²) in [5, 5.41) is 0. The number of hydrogen-bond donors (Lipinski definition) is 1. The Morgan fingerprint density at radius 2 is 1.84 bits per heavy atom. The lowest BCUT2D eigenvalue weighted by molar-refractivity contribution is 0.0600. The summed E-state index contributed by atoms with van der Waals surface area (Å²) in [6, 6.07) is 9.88. The highest BCUT2D eigenvalue weighted by atomic mass is 16.5. The second-order valence-corrected chi connectivity index (χ2v) is 4.27. The Labute approximate surface area is 112 Å². The van der Waals surface area contributed by atoms with Gasteiger partial charge in [0.1, 0.15) is 0 Å². The van der Waals surface area contributed by atoms with E-state index in [-0.39, 0.29) is 5.97 Å². The highest BCUT2D eigenvalue weighted by Gasteiger charge is 2.06. The van der Waals surface area contributed by atoms with Crippen molar-refractivity contribution in [3.8, 4) is 0 Å². The molecule has 0 radical (unpaired) electrons. The molecule has 4 heteroatoms. The molecule has 0 fully saturated rings. The number of benzene rings is 1. The first-order valence-electron chi connectivity index (χ1n) is 6.03. The van der Waals surface area contributed by atoms with Gasteiger partial charge in [-0.2, -0.15) is 0 Å². The first-order valence-corrected chi connectivity index (χ1v) is 6.03. The van der Waals surface area contributed by atoms with Gasteiger partial charge in [-0.05, 0) is 29.2 Å². The molecule has 1 aromatic carbocycles.